The lowest BCUT2D eigenvalue weighted by atomic mass is 9.96. The van der Waals surface area contributed by atoms with Crippen LogP contribution in [0.1, 0.15) is 41.6 Å². The average Bonchev–Trinajstić information content (AvgIpc) is 3.75. The van der Waals surface area contributed by atoms with Crippen LogP contribution >= 0.6 is 0 Å². The van der Waals surface area contributed by atoms with Gasteiger partial charge in [-0.3, -0.25) is 9.78 Å². The summed E-state index contributed by atoms with van der Waals surface area (Å²) in [6.07, 6.45) is 6.84. The Bertz CT molecular complexity index is 1390. The monoisotopic (exact) mass is 486 g/mol. The van der Waals surface area contributed by atoms with Gasteiger partial charge in [-0.05, 0) is 30.4 Å². The van der Waals surface area contributed by atoms with E-state index in [1.807, 2.05) is 37.3 Å². The Hall–Kier alpha value is -4.14. The Labute approximate surface area is 208 Å². The van der Waals surface area contributed by atoms with Gasteiger partial charge in [-0.1, -0.05) is 25.1 Å². The normalized spacial score (nSPS) is 13.9. The van der Waals surface area contributed by atoms with Crippen LogP contribution in [-0.4, -0.2) is 46.0 Å². The Morgan fingerprint density at radius 3 is 2.75 bits per heavy atom. The average molecular weight is 487 g/mol. The number of fused-ring (bicyclic) bond motifs is 1. The van der Waals surface area contributed by atoms with Crippen LogP contribution in [0.25, 0.3) is 22.2 Å². The number of halogens is 1. The molecule has 0 radical (unpaired) electrons. The molecule has 9 heteroatoms. The van der Waals surface area contributed by atoms with E-state index in [1.54, 1.807) is 12.3 Å². The number of amides is 1. The lowest BCUT2D eigenvalue weighted by Gasteiger charge is -2.17. The number of anilines is 1. The minimum Gasteiger partial charge on any atom is -0.477 e. The topological polar surface area (TPSA) is 102 Å². The molecule has 1 saturated carbocycles. The van der Waals surface area contributed by atoms with Crippen LogP contribution in [0.5, 0.6) is 5.88 Å². The third-order valence-corrected chi connectivity index (χ3v) is 6.32. The van der Waals surface area contributed by atoms with Crippen LogP contribution in [0.2, 0.25) is 0 Å². The quantitative estimate of drug-likeness (QED) is 0.357. The first kappa shape index (κ1) is 23.6. The van der Waals surface area contributed by atoms with Crippen LogP contribution < -0.4 is 15.4 Å². The van der Waals surface area contributed by atoms with E-state index in [4.69, 9.17) is 4.74 Å². The van der Waals surface area contributed by atoms with Crippen LogP contribution in [0, 0.1) is 11.7 Å². The summed E-state index contributed by atoms with van der Waals surface area (Å²) in [5.41, 5.74) is 3.13. The van der Waals surface area contributed by atoms with Crippen molar-refractivity contribution in [2.45, 2.75) is 25.7 Å². The maximum Gasteiger partial charge on any atom is 0.254 e. The van der Waals surface area contributed by atoms with Crippen molar-refractivity contribution in [1.82, 2.24) is 25.3 Å². The number of para-hydroxylation sites is 1. The zero-order valence-electron chi connectivity index (χ0n) is 20.2. The zero-order valence-corrected chi connectivity index (χ0v) is 20.2. The highest BCUT2D eigenvalue weighted by Gasteiger charge is 2.22. The molecule has 1 aromatic carbocycles. The molecule has 0 unspecified atom stereocenters. The van der Waals surface area contributed by atoms with Gasteiger partial charge in [-0.25, -0.2) is 19.3 Å². The Kier molecular flexibility index (Phi) is 6.71. The molecular formula is C27H27FN6O2. The van der Waals surface area contributed by atoms with Crippen molar-refractivity contribution in [2.75, 3.05) is 25.5 Å². The summed E-state index contributed by atoms with van der Waals surface area (Å²) in [7, 11) is 1.48. The third kappa shape index (κ3) is 5.10. The summed E-state index contributed by atoms with van der Waals surface area (Å²) in [5, 5.41) is 6.34. The predicted octanol–water partition coefficient (Wildman–Crippen LogP) is 4.59. The molecule has 0 saturated heterocycles. The number of hydrogen-bond donors (Lipinski definition) is 2. The number of ether oxygens (including phenoxy) is 1. The molecule has 1 aliphatic carbocycles. The second-order valence-electron chi connectivity index (χ2n) is 9.01. The van der Waals surface area contributed by atoms with Crippen molar-refractivity contribution in [3.63, 3.8) is 0 Å². The molecule has 3 heterocycles. The highest BCUT2D eigenvalue weighted by atomic mass is 19.1. The SMILES string of the molecule is CNC(=O)c1c(F)cnc2c([C@H](C)CNc3cc(-c4ccc(OCC5CC5)nc4)ncn3)cccc12. The molecule has 3 aromatic heterocycles. The largest absolute Gasteiger partial charge is 0.477 e. The first-order chi connectivity index (χ1) is 17.5. The van der Waals surface area contributed by atoms with E-state index in [1.165, 1.54) is 26.2 Å². The van der Waals surface area contributed by atoms with E-state index in [-0.39, 0.29) is 11.5 Å². The Morgan fingerprint density at radius 2 is 2.00 bits per heavy atom. The van der Waals surface area contributed by atoms with Gasteiger partial charge in [0.2, 0.25) is 5.88 Å². The molecule has 1 aliphatic rings. The molecule has 0 spiro atoms. The highest BCUT2D eigenvalue weighted by Crippen LogP contribution is 2.30. The van der Waals surface area contributed by atoms with Gasteiger partial charge in [-0.2, -0.15) is 0 Å². The van der Waals surface area contributed by atoms with Gasteiger partial charge < -0.3 is 15.4 Å². The maximum atomic E-state index is 14.4. The van der Waals surface area contributed by atoms with Gasteiger partial charge >= 0.3 is 0 Å². The minimum atomic E-state index is -0.643. The van der Waals surface area contributed by atoms with Crippen LogP contribution in [0.15, 0.2) is 55.1 Å². The highest BCUT2D eigenvalue weighted by molar-refractivity contribution is 6.06. The molecule has 2 N–H and O–H groups in total. The van der Waals surface area contributed by atoms with Gasteiger partial charge in [0.25, 0.3) is 5.91 Å². The smallest absolute Gasteiger partial charge is 0.254 e. The Balaban J connectivity index is 1.30. The fourth-order valence-corrected chi connectivity index (χ4v) is 4.06. The fourth-order valence-electron chi connectivity index (χ4n) is 4.06. The number of nitrogens with one attached hydrogen (secondary N) is 2. The van der Waals surface area contributed by atoms with E-state index in [0.717, 1.165) is 29.6 Å². The summed E-state index contributed by atoms with van der Waals surface area (Å²) in [6, 6.07) is 11.1. The molecule has 4 aromatic rings. The Morgan fingerprint density at radius 1 is 1.14 bits per heavy atom. The number of aromatic nitrogens is 4. The molecule has 184 valence electrons. The van der Waals surface area contributed by atoms with Crippen molar-refractivity contribution >= 4 is 22.6 Å². The second-order valence-corrected chi connectivity index (χ2v) is 9.01. The van der Waals surface area contributed by atoms with E-state index < -0.39 is 11.7 Å². The van der Waals surface area contributed by atoms with E-state index in [9.17, 15) is 9.18 Å². The van der Waals surface area contributed by atoms with Crippen molar-refractivity contribution in [3.05, 3.63) is 72.1 Å². The lowest BCUT2D eigenvalue weighted by Crippen LogP contribution is -2.20. The summed E-state index contributed by atoms with van der Waals surface area (Å²) in [4.78, 5) is 29.7. The van der Waals surface area contributed by atoms with Crippen LogP contribution in [0.3, 0.4) is 0 Å². The molecule has 0 aliphatic heterocycles. The van der Waals surface area contributed by atoms with Gasteiger partial charge in [0.15, 0.2) is 5.82 Å². The van der Waals surface area contributed by atoms with Gasteiger partial charge in [-0.15, -0.1) is 0 Å². The van der Waals surface area contributed by atoms with E-state index >= 15 is 0 Å². The molecule has 36 heavy (non-hydrogen) atoms. The molecule has 8 nitrogen and oxygen atoms in total. The molecule has 1 amide bonds. The van der Waals surface area contributed by atoms with Gasteiger partial charge in [0, 0.05) is 48.8 Å². The number of carbonyl (C=O) groups is 1. The summed E-state index contributed by atoms with van der Waals surface area (Å²) in [6.45, 7) is 3.31. The van der Waals surface area contributed by atoms with E-state index in [0.29, 0.717) is 35.1 Å². The molecule has 0 bridgehead atoms. The van der Waals surface area contributed by atoms with Crippen molar-refractivity contribution in [3.8, 4) is 17.1 Å². The van der Waals surface area contributed by atoms with Crippen LogP contribution in [0.4, 0.5) is 10.2 Å². The molecule has 5 rings (SSSR count). The van der Waals surface area contributed by atoms with Gasteiger partial charge in [0.05, 0.1) is 29.6 Å². The summed E-state index contributed by atoms with van der Waals surface area (Å²) >= 11 is 0. The van der Waals surface area contributed by atoms with Gasteiger partial charge in [0.1, 0.15) is 12.1 Å². The number of carbonyl (C=O) groups excluding carboxylic acids is 1. The first-order valence-corrected chi connectivity index (χ1v) is 12.0. The first-order valence-electron chi connectivity index (χ1n) is 12.0. The number of rotatable bonds is 9. The fraction of sp³-hybridized carbons (Fsp3) is 0.296. The van der Waals surface area contributed by atoms with Crippen molar-refractivity contribution < 1.29 is 13.9 Å². The number of benzene rings is 1. The van der Waals surface area contributed by atoms with Crippen molar-refractivity contribution in [2.24, 2.45) is 5.92 Å². The minimum absolute atomic E-state index is 0.00233. The third-order valence-electron chi connectivity index (χ3n) is 6.32. The summed E-state index contributed by atoms with van der Waals surface area (Å²) < 4.78 is 20.1. The maximum absolute atomic E-state index is 14.4. The molecular weight excluding hydrogens is 459 g/mol. The second kappa shape index (κ2) is 10.2. The predicted molar refractivity (Wildman–Crippen MR) is 135 cm³/mol. The molecule has 1 fully saturated rings. The zero-order chi connectivity index (χ0) is 25.1. The number of pyridine rings is 2. The standard InChI is InChI=1S/C27H27FN6O2/c1-16(19-4-3-5-20-25(27(35)29-2)21(28)13-32-26(19)20)11-30-23-10-22(33-15-34-23)18-8-9-24(31-12-18)36-14-17-6-7-17/h3-5,8-10,12-13,15-17H,6-7,11,14H2,1-2H3,(H,29,35)(H,30,33,34)/t16-/m1/s1. The molecule has 1 atom stereocenters. The van der Waals surface area contributed by atoms with Crippen molar-refractivity contribution in [1.29, 1.82) is 0 Å². The van der Waals surface area contributed by atoms with Crippen LogP contribution in [-0.2, 0) is 0 Å². The van der Waals surface area contributed by atoms with E-state index in [2.05, 4.69) is 30.6 Å². The lowest BCUT2D eigenvalue weighted by molar-refractivity contribution is 0.0960. The summed E-state index contributed by atoms with van der Waals surface area (Å²) in [5.74, 6) is 0.852. The number of hydrogen-bond acceptors (Lipinski definition) is 7. The number of nitrogens with zero attached hydrogens (tertiary/aromatic N) is 4.